The highest BCUT2D eigenvalue weighted by Crippen LogP contribution is 2.65. The van der Waals surface area contributed by atoms with Gasteiger partial charge in [0.25, 0.3) is 0 Å². The second-order valence-electron chi connectivity index (χ2n) is 15.9. The minimum atomic E-state index is -1.93. The van der Waals surface area contributed by atoms with Crippen LogP contribution >= 0.6 is 0 Å². The van der Waals surface area contributed by atoms with Gasteiger partial charge in [0.2, 0.25) is 11.8 Å². The zero-order valence-corrected chi connectivity index (χ0v) is 35.6. The van der Waals surface area contributed by atoms with E-state index in [1.165, 1.54) is 0 Å². The predicted octanol–water partition coefficient (Wildman–Crippen LogP) is 4.88. The summed E-state index contributed by atoms with van der Waals surface area (Å²) < 4.78 is 22.3. The van der Waals surface area contributed by atoms with Crippen LogP contribution < -0.4 is 15.4 Å². The van der Waals surface area contributed by atoms with E-state index >= 15 is 14.4 Å². The number of ether oxygens (including phenoxy) is 4. The first-order valence-electron chi connectivity index (χ1n) is 21.2. The summed E-state index contributed by atoms with van der Waals surface area (Å²) in [6.07, 6.45) is -2.30. The Kier molecular flexibility index (Phi) is 13.1. The van der Waals surface area contributed by atoms with Gasteiger partial charge in [-0.15, -0.1) is 0 Å². The number of para-hydroxylation sites is 1. The van der Waals surface area contributed by atoms with E-state index in [0.29, 0.717) is 39.3 Å². The number of carbonyl (C=O) groups is 5. The van der Waals surface area contributed by atoms with Crippen molar-refractivity contribution < 1.29 is 53.1 Å². The van der Waals surface area contributed by atoms with Gasteiger partial charge in [0.15, 0.2) is 5.92 Å². The van der Waals surface area contributed by atoms with Crippen molar-refractivity contribution in [1.82, 2.24) is 10.2 Å². The molecule has 0 aliphatic carbocycles. The first kappa shape index (κ1) is 44.3. The lowest BCUT2D eigenvalue weighted by Crippen LogP contribution is -2.55. The number of rotatable bonds is 13. The molecule has 2 fully saturated rings. The molecular formula is C51H47N3O11. The average Bonchev–Trinajstić information content (AvgIpc) is 3.82. The molecule has 65 heavy (non-hydrogen) atoms. The van der Waals surface area contributed by atoms with Gasteiger partial charge in [-0.25, -0.2) is 0 Å². The Bertz CT molecular complexity index is 2620. The molecule has 3 heterocycles. The van der Waals surface area contributed by atoms with Crippen LogP contribution in [0.5, 0.6) is 5.75 Å². The zero-order valence-electron chi connectivity index (χ0n) is 35.6. The molecule has 0 aromatic heterocycles. The molecule has 3 aliphatic heterocycles. The van der Waals surface area contributed by atoms with Crippen molar-refractivity contribution in [1.29, 1.82) is 0 Å². The Balaban J connectivity index is 1.38. The van der Waals surface area contributed by atoms with Crippen LogP contribution in [-0.4, -0.2) is 84.9 Å². The van der Waals surface area contributed by atoms with Gasteiger partial charge >= 0.3 is 17.9 Å². The summed E-state index contributed by atoms with van der Waals surface area (Å²) in [6.45, 7) is -0.675. The predicted molar refractivity (Wildman–Crippen MR) is 236 cm³/mol. The maximum Gasteiger partial charge on any atom is 0.324 e. The molecule has 7 unspecified atom stereocenters. The third-order valence-corrected chi connectivity index (χ3v) is 12.3. The zero-order chi connectivity index (χ0) is 45.7. The van der Waals surface area contributed by atoms with Crippen molar-refractivity contribution in [3.63, 3.8) is 0 Å². The summed E-state index contributed by atoms with van der Waals surface area (Å²) >= 11 is 0. The molecule has 0 radical (unpaired) electrons. The molecule has 5 aromatic carbocycles. The molecule has 14 heteroatoms. The molecule has 332 valence electrons. The van der Waals surface area contributed by atoms with Gasteiger partial charge in [-0.3, -0.25) is 28.9 Å². The van der Waals surface area contributed by atoms with E-state index < -0.39 is 77.3 Å². The van der Waals surface area contributed by atoms with E-state index in [2.05, 4.69) is 22.5 Å². The van der Waals surface area contributed by atoms with E-state index in [1.807, 2.05) is 65.6 Å². The number of hydrogen-bond acceptors (Lipinski definition) is 12. The van der Waals surface area contributed by atoms with Crippen molar-refractivity contribution in [2.75, 3.05) is 39.3 Å². The molecule has 14 nitrogen and oxygen atoms in total. The number of aliphatic hydroxyl groups is 2. The number of carbonyl (C=O) groups excluding carboxylic acids is 5. The average molecular weight is 878 g/mol. The van der Waals surface area contributed by atoms with Crippen molar-refractivity contribution >= 4 is 35.4 Å². The van der Waals surface area contributed by atoms with E-state index in [0.717, 1.165) is 19.8 Å². The van der Waals surface area contributed by atoms with Crippen molar-refractivity contribution in [3.8, 4) is 17.6 Å². The van der Waals surface area contributed by atoms with Crippen LogP contribution in [0.4, 0.5) is 5.69 Å². The topological polar surface area (TPSA) is 190 Å². The van der Waals surface area contributed by atoms with Crippen LogP contribution in [0, 0.1) is 23.7 Å². The van der Waals surface area contributed by atoms with Crippen LogP contribution in [0.25, 0.3) is 0 Å². The van der Waals surface area contributed by atoms with E-state index in [4.69, 9.17) is 18.9 Å². The lowest BCUT2D eigenvalue weighted by atomic mass is 9.65. The first-order valence-corrected chi connectivity index (χ1v) is 21.2. The maximum absolute atomic E-state index is 15.6. The number of amides is 2. The molecule has 3 aliphatic rings. The quantitative estimate of drug-likeness (QED) is 0.0544. The molecule has 4 N–H and O–H groups in total. The van der Waals surface area contributed by atoms with Crippen molar-refractivity contribution in [3.05, 3.63) is 167 Å². The lowest BCUT2D eigenvalue weighted by Gasteiger charge is -2.46. The number of benzene rings is 5. The highest BCUT2D eigenvalue weighted by atomic mass is 16.6. The molecule has 2 amide bonds. The normalized spacial score (nSPS) is 22.4. The molecule has 7 atom stereocenters. The second-order valence-corrected chi connectivity index (χ2v) is 15.9. The van der Waals surface area contributed by atoms with Gasteiger partial charge in [0.1, 0.15) is 29.9 Å². The highest BCUT2D eigenvalue weighted by Gasteiger charge is 2.74. The third-order valence-electron chi connectivity index (χ3n) is 12.3. The summed E-state index contributed by atoms with van der Waals surface area (Å²) in [5, 5.41) is 27.2. The molecule has 8 rings (SSSR count). The Morgan fingerprint density at radius 1 is 0.831 bits per heavy atom. The summed E-state index contributed by atoms with van der Waals surface area (Å²) in [5.41, 5.74) is 1.53. The van der Waals surface area contributed by atoms with Crippen LogP contribution in [0.1, 0.15) is 64.1 Å². The summed E-state index contributed by atoms with van der Waals surface area (Å²) in [5.74, 6) is -0.293. The van der Waals surface area contributed by atoms with Gasteiger partial charge < -0.3 is 39.8 Å². The van der Waals surface area contributed by atoms with Crippen LogP contribution in [0.3, 0.4) is 0 Å². The van der Waals surface area contributed by atoms with Crippen molar-refractivity contribution in [2.24, 2.45) is 11.8 Å². The highest BCUT2D eigenvalue weighted by molar-refractivity contribution is 6.12. The second kappa shape index (κ2) is 19.2. The third kappa shape index (κ3) is 8.21. The Labute approximate surface area is 375 Å². The van der Waals surface area contributed by atoms with E-state index in [1.54, 1.807) is 72.8 Å². The van der Waals surface area contributed by atoms with Gasteiger partial charge in [-0.2, -0.15) is 0 Å². The minimum absolute atomic E-state index is 0.0983. The Hall–Kier alpha value is -7.31. The van der Waals surface area contributed by atoms with Crippen molar-refractivity contribution in [2.45, 2.75) is 42.2 Å². The van der Waals surface area contributed by atoms with Gasteiger partial charge in [0, 0.05) is 29.8 Å². The largest absolute Gasteiger partial charge is 0.491 e. The molecule has 2 saturated heterocycles. The van der Waals surface area contributed by atoms with Gasteiger partial charge in [0.05, 0.1) is 44.9 Å². The minimum Gasteiger partial charge on any atom is -0.491 e. The molecule has 0 bridgehead atoms. The molecule has 0 saturated carbocycles. The number of nitrogens with zero attached hydrogens (tertiary/aromatic N) is 1. The monoisotopic (exact) mass is 877 g/mol. The number of esters is 3. The molecule has 5 aromatic rings. The fourth-order valence-electron chi connectivity index (χ4n) is 9.54. The number of methoxy groups -OCH3 is 2. The molecule has 1 spiro atoms. The summed E-state index contributed by atoms with van der Waals surface area (Å²) in [6, 6.07) is 36.1. The molecular weight excluding hydrogens is 831 g/mol. The number of anilines is 1. The smallest absolute Gasteiger partial charge is 0.324 e. The SMILES string of the molecule is COC(=O)C(CC#Cc1ccc2c(c1)C1(C(=O)N2)C(C(=O)NCC(O)c2ccccc2)C2C(=O)OC(c3ccccc3)C(c3ccccc3)N2C1c1ccccc1OCCO)C(=O)OC. The number of fused-ring (bicyclic) bond motifs is 3. The Morgan fingerprint density at radius 2 is 1.46 bits per heavy atom. The summed E-state index contributed by atoms with van der Waals surface area (Å²) in [7, 11) is 2.31. The number of aliphatic hydroxyl groups excluding tert-OH is 2. The van der Waals surface area contributed by atoms with E-state index in [9.17, 15) is 19.8 Å². The fraction of sp³-hybridized carbons (Fsp3) is 0.275. The van der Waals surface area contributed by atoms with Crippen LogP contribution in [0.15, 0.2) is 133 Å². The van der Waals surface area contributed by atoms with Gasteiger partial charge in [-0.05, 0) is 46.5 Å². The van der Waals surface area contributed by atoms with E-state index in [-0.39, 0.29) is 26.2 Å². The number of morpholine rings is 1. The Morgan fingerprint density at radius 3 is 2.12 bits per heavy atom. The number of nitrogens with one attached hydrogen (secondary N) is 2. The van der Waals surface area contributed by atoms with Gasteiger partial charge in [-0.1, -0.05) is 121 Å². The fourth-order valence-corrected chi connectivity index (χ4v) is 9.54. The standard InChI is InChI=1S/C51H47N3O11/c1-62-47(58)36(48(59)63-2)23-14-15-31-25-26-38-37(29-31)51(50(61)53-38)41(46(57)52-30-39(56)32-16-6-3-7-17-32)43-49(60)65-44(34-20-10-5-11-21-34)42(33-18-8-4-9-19-33)54(43)45(51)35-22-12-13-24-40(35)64-28-27-55/h3-13,16-22,24-26,29,36,39,41-45,55-56H,23,27-28,30H2,1-2H3,(H,52,57)(H,53,61). The summed E-state index contributed by atoms with van der Waals surface area (Å²) in [4.78, 5) is 73.0. The number of cyclic esters (lactones) is 1. The van der Waals surface area contributed by atoms with Crippen LogP contribution in [0.2, 0.25) is 0 Å². The lowest BCUT2D eigenvalue weighted by molar-refractivity contribution is -0.178. The first-order chi connectivity index (χ1) is 31.6. The van der Waals surface area contributed by atoms with Crippen LogP contribution in [-0.2, 0) is 43.6 Å². The number of hydrogen-bond donors (Lipinski definition) is 4. The maximum atomic E-state index is 15.6.